The van der Waals surface area contributed by atoms with Gasteiger partial charge in [0.05, 0.1) is 10.6 Å². The van der Waals surface area contributed by atoms with E-state index in [0.29, 0.717) is 6.61 Å². The van der Waals surface area contributed by atoms with E-state index in [0.717, 1.165) is 41.7 Å². The van der Waals surface area contributed by atoms with E-state index >= 15 is 0 Å². The number of benzene rings is 1. The molecule has 1 aliphatic rings. The maximum atomic E-state index is 5.93. The van der Waals surface area contributed by atoms with Crippen molar-refractivity contribution in [3.05, 3.63) is 28.2 Å². The van der Waals surface area contributed by atoms with Crippen LogP contribution in [0.15, 0.2) is 22.7 Å². The average Bonchev–Trinajstić information content (AvgIpc) is 2.80. The molecule has 3 nitrogen and oxygen atoms in total. The second-order valence-corrected chi connectivity index (χ2v) is 5.71. The van der Waals surface area contributed by atoms with Crippen molar-refractivity contribution in [3.63, 3.8) is 0 Å². The molecule has 2 N–H and O–H groups in total. The highest BCUT2D eigenvalue weighted by molar-refractivity contribution is 9.10. The Morgan fingerprint density at radius 1 is 1.56 bits per heavy atom. The highest BCUT2D eigenvalue weighted by Crippen LogP contribution is 2.30. The number of ether oxygens (including phenoxy) is 2. The van der Waals surface area contributed by atoms with Crippen LogP contribution in [0.5, 0.6) is 5.75 Å². The molecule has 0 amide bonds. The van der Waals surface area contributed by atoms with Crippen molar-refractivity contribution in [2.45, 2.75) is 38.3 Å². The summed E-state index contributed by atoms with van der Waals surface area (Å²) < 4.78 is 12.5. The monoisotopic (exact) mass is 313 g/mol. The van der Waals surface area contributed by atoms with Gasteiger partial charge in [-0.25, -0.2) is 0 Å². The third-order valence-electron chi connectivity index (χ3n) is 3.03. The maximum Gasteiger partial charge on any atom is 0.136 e. The zero-order valence-electron chi connectivity index (χ0n) is 10.7. The molecule has 1 fully saturated rings. The van der Waals surface area contributed by atoms with Gasteiger partial charge in [-0.05, 0) is 53.7 Å². The highest BCUT2D eigenvalue weighted by Gasteiger charge is 2.18. The molecule has 0 aliphatic carbocycles. The summed E-state index contributed by atoms with van der Waals surface area (Å²) in [6.07, 6.45) is 3.28. The van der Waals surface area contributed by atoms with E-state index in [-0.39, 0.29) is 12.1 Å². The van der Waals surface area contributed by atoms with Gasteiger partial charge in [0.1, 0.15) is 12.4 Å². The lowest BCUT2D eigenvalue weighted by Crippen LogP contribution is -2.20. The summed E-state index contributed by atoms with van der Waals surface area (Å²) in [6.45, 7) is 3.48. The van der Waals surface area contributed by atoms with E-state index in [1.165, 1.54) is 0 Å². The van der Waals surface area contributed by atoms with Crippen LogP contribution in [0.3, 0.4) is 0 Å². The lowest BCUT2D eigenvalue weighted by molar-refractivity contribution is 0.0673. The third-order valence-corrected chi connectivity index (χ3v) is 3.65. The van der Waals surface area contributed by atoms with Gasteiger partial charge < -0.3 is 15.2 Å². The van der Waals surface area contributed by atoms with Crippen LogP contribution in [-0.2, 0) is 11.2 Å². The van der Waals surface area contributed by atoms with Gasteiger partial charge >= 0.3 is 0 Å². The molecular weight excluding hydrogens is 294 g/mol. The number of nitrogens with two attached hydrogens (primary N) is 1. The Morgan fingerprint density at radius 2 is 2.39 bits per heavy atom. The predicted octanol–water partition coefficient (Wildman–Crippen LogP) is 2.90. The Hall–Kier alpha value is -0.580. The average molecular weight is 314 g/mol. The van der Waals surface area contributed by atoms with E-state index in [9.17, 15) is 0 Å². The number of halogens is 1. The van der Waals surface area contributed by atoms with Crippen molar-refractivity contribution < 1.29 is 9.47 Å². The summed E-state index contributed by atoms with van der Waals surface area (Å²) in [6, 6.07) is 6.21. The Labute approximate surface area is 117 Å². The standard InChI is InChI=1S/C14H20BrNO2/c1-10(16)8-11-4-2-6-13(15)14(11)18-9-12-5-3-7-17-12/h2,4,6,10,12H,3,5,7-9,16H2,1H3. The largest absolute Gasteiger partial charge is 0.489 e. The summed E-state index contributed by atoms with van der Waals surface area (Å²) in [5.41, 5.74) is 7.02. The zero-order chi connectivity index (χ0) is 13.0. The fourth-order valence-corrected chi connectivity index (χ4v) is 2.70. The Bertz CT molecular complexity index is 389. The van der Waals surface area contributed by atoms with Gasteiger partial charge in [0, 0.05) is 12.6 Å². The number of hydrogen-bond acceptors (Lipinski definition) is 3. The fourth-order valence-electron chi connectivity index (χ4n) is 2.17. The molecule has 0 saturated carbocycles. The molecule has 0 bridgehead atoms. The first-order valence-electron chi connectivity index (χ1n) is 6.44. The molecule has 2 unspecified atom stereocenters. The predicted molar refractivity (Wildman–Crippen MR) is 76.0 cm³/mol. The van der Waals surface area contributed by atoms with Gasteiger partial charge in [0.2, 0.25) is 0 Å². The molecule has 0 aromatic heterocycles. The first kappa shape index (κ1) is 13.8. The molecule has 18 heavy (non-hydrogen) atoms. The van der Waals surface area contributed by atoms with Gasteiger partial charge in [-0.15, -0.1) is 0 Å². The van der Waals surface area contributed by atoms with Crippen molar-refractivity contribution in [2.24, 2.45) is 5.73 Å². The number of hydrogen-bond donors (Lipinski definition) is 1. The van der Waals surface area contributed by atoms with Crippen molar-refractivity contribution in [1.29, 1.82) is 0 Å². The van der Waals surface area contributed by atoms with Gasteiger partial charge in [-0.3, -0.25) is 0 Å². The highest BCUT2D eigenvalue weighted by atomic mass is 79.9. The van der Waals surface area contributed by atoms with Crippen molar-refractivity contribution >= 4 is 15.9 Å². The molecule has 1 heterocycles. The van der Waals surface area contributed by atoms with Crippen LogP contribution in [0.1, 0.15) is 25.3 Å². The van der Waals surface area contributed by atoms with Crippen molar-refractivity contribution in [1.82, 2.24) is 0 Å². The SMILES string of the molecule is CC(N)Cc1cccc(Br)c1OCC1CCCO1. The minimum Gasteiger partial charge on any atom is -0.489 e. The van der Waals surface area contributed by atoms with Crippen LogP contribution in [0, 0.1) is 0 Å². The van der Waals surface area contributed by atoms with Crippen LogP contribution in [0.25, 0.3) is 0 Å². The Morgan fingerprint density at radius 3 is 3.06 bits per heavy atom. The molecule has 4 heteroatoms. The van der Waals surface area contributed by atoms with Gasteiger partial charge in [-0.2, -0.15) is 0 Å². The molecule has 2 atom stereocenters. The molecule has 1 aromatic rings. The summed E-state index contributed by atoms with van der Waals surface area (Å²) in [7, 11) is 0. The van der Waals surface area contributed by atoms with Crippen LogP contribution < -0.4 is 10.5 Å². The smallest absolute Gasteiger partial charge is 0.136 e. The van der Waals surface area contributed by atoms with E-state index in [4.69, 9.17) is 15.2 Å². The van der Waals surface area contributed by atoms with Gasteiger partial charge in [-0.1, -0.05) is 12.1 Å². The quantitative estimate of drug-likeness (QED) is 0.909. The number of para-hydroxylation sites is 1. The molecule has 2 rings (SSSR count). The van der Waals surface area contributed by atoms with Crippen LogP contribution in [0.4, 0.5) is 0 Å². The lowest BCUT2D eigenvalue weighted by atomic mass is 10.1. The van der Waals surface area contributed by atoms with E-state index in [1.807, 2.05) is 19.1 Å². The lowest BCUT2D eigenvalue weighted by Gasteiger charge is -2.17. The minimum absolute atomic E-state index is 0.129. The molecule has 1 aromatic carbocycles. The Kier molecular flexibility index (Phi) is 5.03. The topological polar surface area (TPSA) is 44.5 Å². The molecule has 1 aliphatic heterocycles. The first-order valence-corrected chi connectivity index (χ1v) is 7.23. The second kappa shape index (κ2) is 6.55. The second-order valence-electron chi connectivity index (χ2n) is 4.86. The van der Waals surface area contributed by atoms with Gasteiger partial charge in [0.25, 0.3) is 0 Å². The summed E-state index contributed by atoms with van der Waals surface area (Å²) >= 11 is 3.54. The van der Waals surface area contributed by atoms with Crippen molar-refractivity contribution in [2.75, 3.05) is 13.2 Å². The molecule has 0 radical (unpaired) electrons. The summed E-state index contributed by atoms with van der Waals surface area (Å²) in [4.78, 5) is 0. The normalized spacial score (nSPS) is 20.9. The number of rotatable bonds is 5. The molecule has 100 valence electrons. The molecule has 0 spiro atoms. The molecular formula is C14H20BrNO2. The van der Waals surface area contributed by atoms with Crippen LogP contribution >= 0.6 is 15.9 Å². The minimum atomic E-state index is 0.129. The van der Waals surface area contributed by atoms with Gasteiger partial charge in [0.15, 0.2) is 0 Å². The van der Waals surface area contributed by atoms with Crippen LogP contribution in [-0.4, -0.2) is 25.4 Å². The Balaban J connectivity index is 2.04. The first-order chi connectivity index (χ1) is 8.66. The van der Waals surface area contributed by atoms with E-state index in [2.05, 4.69) is 22.0 Å². The maximum absolute atomic E-state index is 5.93. The van der Waals surface area contributed by atoms with E-state index < -0.39 is 0 Å². The molecule has 1 saturated heterocycles. The zero-order valence-corrected chi connectivity index (χ0v) is 12.3. The van der Waals surface area contributed by atoms with Crippen molar-refractivity contribution in [3.8, 4) is 5.75 Å². The van der Waals surface area contributed by atoms with E-state index in [1.54, 1.807) is 0 Å². The summed E-state index contributed by atoms with van der Waals surface area (Å²) in [5.74, 6) is 0.908. The third kappa shape index (κ3) is 3.70. The summed E-state index contributed by atoms with van der Waals surface area (Å²) in [5, 5.41) is 0. The fraction of sp³-hybridized carbons (Fsp3) is 0.571. The van der Waals surface area contributed by atoms with Crippen LogP contribution in [0.2, 0.25) is 0 Å².